The maximum Gasteiger partial charge on any atom is 0.270 e. The lowest BCUT2D eigenvalue weighted by molar-refractivity contribution is -0.122. The fourth-order valence-corrected chi connectivity index (χ4v) is 4.08. The lowest BCUT2D eigenvalue weighted by Gasteiger charge is -2.29. The third-order valence-electron chi connectivity index (χ3n) is 5.68. The highest BCUT2D eigenvalue weighted by Crippen LogP contribution is 2.31. The predicted molar refractivity (Wildman–Crippen MR) is 149 cm³/mol. The highest BCUT2D eigenvalue weighted by molar-refractivity contribution is 7.80. The molecule has 0 aliphatic carbocycles. The lowest BCUT2D eigenvalue weighted by atomic mass is 10.1. The Morgan fingerprint density at radius 2 is 1.29 bits per heavy atom. The Kier molecular flexibility index (Phi) is 7.15. The molecule has 0 atom stereocenters. The van der Waals surface area contributed by atoms with Crippen molar-refractivity contribution in [1.82, 2.24) is 5.32 Å². The van der Waals surface area contributed by atoms with Gasteiger partial charge >= 0.3 is 0 Å². The second-order valence-electron chi connectivity index (χ2n) is 8.18. The van der Waals surface area contributed by atoms with E-state index in [9.17, 15) is 9.59 Å². The van der Waals surface area contributed by atoms with Gasteiger partial charge in [0.1, 0.15) is 34.3 Å². The summed E-state index contributed by atoms with van der Waals surface area (Å²) in [6.45, 7) is 0. The van der Waals surface area contributed by atoms with Crippen LogP contribution in [0.5, 0.6) is 28.7 Å². The van der Waals surface area contributed by atoms with E-state index in [2.05, 4.69) is 5.32 Å². The van der Waals surface area contributed by atoms with Crippen LogP contribution < -0.4 is 24.4 Å². The molecule has 1 N–H and O–H groups in total. The number of hydrogen-bond donors (Lipinski definition) is 1. The first-order valence-corrected chi connectivity index (χ1v) is 12.1. The van der Waals surface area contributed by atoms with Crippen LogP contribution in [0.15, 0.2) is 109 Å². The Labute approximate surface area is 224 Å². The number of amides is 2. The summed E-state index contributed by atoms with van der Waals surface area (Å²) in [7, 11) is 1.59. The second kappa shape index (κ2) is 11.0. The highest BCUT2D eigenvalue weighted by atomic mass is 32.1. The molecule has 0 bridgehead atoms. The summed E-state index contributed by atoms with van der Waals surface area (Å²) in [5.41, 5.74) is 0.976. The van der Waals surface area contributed by atoms with Gasteiger partial charge in [0.25, 0.3) is 11.8 Å². The van der Waals surface area contributed by atoms with E-state index in [-0.39, 0.29) is 10.7 Å². The van der Waals surface area contributed by atoms with Gasteiger partial charge < -0.3 is 14.2 Å². The summed E-state index contributed by atoms with van der Waals surface area (Å²) in [4.78, 5) is 27.6. The minimum absolute atomic E-state index is 0.00311. The van der Waals surface area contributed by atoms with Crippen molar-refractivity contribution >= 4 is 40.9 Å². The number of rotatable bonds is 7. The zero-order valence-electron chi connectivity index (χ0n) is 20.3. The number of carbonyl (C=O) groups is 2. The molecule has 2 amide bonds. The van der Waals surface area contributed by atoms with Gasteiger partial charge in [-0.1, -0.05) is 36.4 Å². The van der Waals surface area contributed by atoms with Gasteiger partial charge in [-0.15, -0.1) is 0 Å². The van der Waals surface area contributed by atoms with E-state index in [0.717, 1.165) is 0 Å². The van der Waals surface area contributed by atoms with Crippen molar-refractivity contribution < 1.29 is 23.8 Å². The predicted octanol–water partition coefficient (Wildman–Crippen LogP) is 6.11. The zero-order valence-corrected chi connectivity index (χ0v) is 21.1. The zero-order chi connectivity index (χ0) is 26.5. The molecule has 4 aromatic carbocycles. The van der Waals surface area contributed by atoms with Crippen LogP contribution in [-0.2, 0) is 9.59 Å². The van der Waals surface area contributed by atoms with Gasteiger partial charge in [-0.2, -0.15) is 0 Å². The van der Waals surface area contributed by atoms with Gasteiger partial charge in [-0.25, -0.2) is 0 Å². The molecule has 0 radical (unpaired) electrons. The maximum atomic E-state index is 13.5. The van der Waals surface area contributed by atoms with Crippen LogP contribution in [0, 0.1) is 0 Å². The topological polar surface area (TPSA) is 77.1 Å². The van der Waals surface area contributed by atoms with E-state index in [4.69, 9.17) is 26.4 Å². The molecule has 7 nitrogen and oxygen atoms in total. The number of para-hydroxylation sites is 2. The quantitative estimate of drug-likeness (QED) is 0.179. The number of hydrogen-bond acceptors (Lipinski definition) is 6. The number of anilines is 1. The molecule has 8 heteroatoms. The van der Waals surface area contributed by atoms with Crippen molar-refractivity contribution in [1.29, 1.82) is 0 Å². The van der Waals surface area contributed by atoms with Crippen LogP contribution in [-0.4, -0.2) is 24.0 Å². The first kappa shape index (κ1) is 24.7. The fourth-order valence-electron chi connectivity index (χ4n) is 3.80. The normalized spacial score (nSPS) is 14.3. The largest absolute Gasteiger partial charge is 0.497 e. The van der Waals surface area contributed by atoms with Crippen molar-refractivity contribution in [3.05, 3.63) is 114 Å². The van der Waals surface area contributed by atoms with E-state index in [1.165, 1.54) is 11.0 Å². The molecular weight excluding hydrogens is 500 g/mol. The van der Waals surface area contributed by atoms with Crippen LogP contribution in [0.4, 0.5) is 5.69 Å². The Balaban J connectivity index is 1.40. The average Bonchev–Trinajstić information content (AvgIpc) is 2.94. The van der Waals surface area contributed by atoms with E-state index in [1.807, 2.05) is 36.4 Å². The standard InChI is InChI=1S/C30H22N2O5S/c1-35-22-15-17-25(18-16-22)37-27-10-6-5-7-20(27)19-26-28(33)31-30(38)32(29(26)34)21-11-13-24(14-12-21)36-23-8-3-2-4-9-23/h2-19H,1H3,(H,31,33,38)/b26-19+. The third-order valence-corrected chi connectivity index (χ3v) is 5.97. The summed E-state index contributed by atoms with van der Waals surface area (Å²) < 4.78 is 17.0. The van der Waals surface area contributed by atoms with Gasteiger partial charge in [0, 0.05) is 5.56 Å². The van der Waals surface area contributed by atoms with Crippen molar-refractivity contribution in [3.8, 4) is 28.7 Å². The van der Waals surface area contributed by atoms with E-state index in [1.54, 1.807) is 73.8 Å². The maximum absolute atomic E-state index is 13.5. The van der Waals surface area contributed by atoms with Crippen LogP contribution in [0.3, 0.4) is 0 Å². The highest BCUT2D eigenvalue weighted by Gasteiger charge is 2.34. The molecule has 1 aliphatic heterocycles. The van der Waals surface area contributed by atoms with Gasteiger partial charge in [0.2, 0.25) is 0 Å². The number of nitrogens with zero attached hydrogens (tertiary/aromatic N) is 1. The van der Waals surface area contributed by atoms with E-state index in [0.29, 0.717) is 40.0 Å². The SMILES string of the molecule is COc1ccc(Oc2ccccc2/C=C2\C(=O)NC(=S)N(c3ccc(Oc4ccccc4)cc3)C2=O)cc1. The summed E-state index contributed by atoms with van der Waals surface area (Å²) in [6.07, 6.45) is 1.50. The smallest absolute Gasteiger partial charge is 0.270 e. The van der Waals surface area contributed by atoms with Crippen molar-refractivity contribution in [2.75, 3.05) is 12.0 Å². The molecule has 0 aromatic heterocycles. The Morgan fingerprint density at radius 1 is 0.711 bits per heavy atom. The molecule has 1 fully saturated rings. The molecule has 188 valence electrons. The summed E-state index contributed by atoms with van der Waals surface area (Å²) in [5, 5.41) is 2.61. The third kappa shape index (κ3) is 5.40. The van der Waals surface area contributed by atoms with Crippen LogP contribution in [0.1, 0.15) is 5.56 Å². The minimum Gasteiger partial charge on any atom is -0.497 e. The van der Waals surface area contributed by atoms with Crippen LogP contribution in [0.2, 0.25) is 0 Å². The monoisotopic (exact) mass is 522 g/mol. The molecule has 0 unspecified atom stereocenters. The number of benzene rings is 4. The number of carbonyl (C=O) groups excluding carboxylic acids is 2. The van der Waals surface area contributed by atoms with Gasteiger partial charge in [0.05, 0.1) is 12.8 Å². The van der Waals surface area contributed by atoms with Crippen molar-refractivity contribution in [3.63, 3.8) is 0 Å². The summed E-state index contributed by atoms with van der Waals surface area (Å²) >= 11 is 5.33. The fraction of sp³-hybridized carbons (Fsp3) is 0.0333. The first-order chi connectivity index (χ1) is 18.5. The molecule has 0 spiro atoms. The lowest BCUT2D eigenvalue weighted by Crippen LogP contribution is -2.54. The van der Waals surface area contributed by atoms with Crippen molar-refractivity contribution in [2.45, 2.75) is 0 Å². The molecule has 1 saturated heterocycles. The molecule has 0 saturated carbocycles. The first-order valence-electron chi connectivity index (χ1n) is 11.7. The number of thiocarbonyl (C=S) groups is 1. The van der Waals surface area contributed by atoms with E-state index < -0.39 is 11.8 Å². The van der Waals surface area contributed by atoms with Crippen LogP contribution >= 0.6 is 12.2 Å². The molecule has 5 rings (SSSR count). The molecule has 38 heavy (non-hydrogen) atoms. The average molecular weight is 523 g/mol. The Hall–Kier alpha value is -4.95. The van der Waals surface area contributed by atoms with Crippen molar-refractivity contribution in [2.24, 2.45) is 0 Å². The summed E-state index contributed by atoms with van der Waals surface area (Å²) in [6, 6.07) is 30.5. The second-order valence-corrected chi connectivity index (χ2v) is 8.57. The van der Waals surface area contributed by atoms with Crippen LogP contribution in [0.25, 0.3) is 6.08 Å². The molecule has 1 aliphatic rings. The Morgan fingerprint density at radius 3 is 2.00 bits per heavy atom. The number of ether oxygens (including phenoxy) is 3. The Bertz CT molecular complexity index is 1520. The van der Waals surface area contributed by atoms with Gasteiger partial charge in [0.15, 0.2) is 5.11 Å². The van der Waals surface area contributed by atoms with Gasteiger partial charge in [-0.3, -0.25) is 19.8 Å². The summed E-state index contributed by atoms with van der Waals surface area (Å²) in [5.74, 6) is 1.92. The van der Waals surface area contributed by atoms with Gasteiger partial charge in [-0.05, 0) is 85.0 Å². The number of methoxy groups -OCH3 is 1. The molecule has 4 aromatic rings. The minimum atomic E-state index is -0.584. The number of nitrogens with one attached hydrogen (secondary N) is 1. The van der Waals surface area contributed by atoms with E-state index >= 15 is 0 Å². The molecule has 1 heterocycles. The molecular formula is C30H22N2O5S.